The van der Waals surface area contributed by atoms with Gasteiger partial charge in [-0.15, -0.1) is 11.3 Å². The first-order valence-corrected chi connectivity index (χ1v) is 12.5. The molecule has 3 saturated carbocycles. The molecule has 5 rings (SSSR count). The van der Waals surface area contributed by atoms with Gasteiger partial charge in [-0.2, -0.15) is 0 Å². The van der Waals surface area contributed by atoms with E-state index in [1.807, 2.05) is 0 Å². The zero-order valence-electron chi connectivity index (χ0n) is 17.8. The summed E-state index contributed by atoms with van der Waals surface area (Å²) in [4.78, 5) is 17.3. The van der Waals surface area contributed by atoms with E-state index >= 15 is 0 Å². The molecule has 1 aliphatic heterocycles. The second-order valence-electron chi connectivity index (χ2n) is 9.88. The minimum Gasteiger partial charge on any atom is -0.349 e. The van der Waals surface area contributed by atoms with Crippen LogP contribution in [-0.4, -0.2) is 54.0 Å². The van der Waals surface area contributed by atoms with Crippen LogP contribution in [0, 0.1) is 6.92 Å². The highest BCUT2D eigenvalue weighted by Gasteiger charge is 2.42. The van der Waals surface area contributed by atoms with Crippen molar-refractivity contribution < 1.29 is 13.6 Å². The molecule has 3 aliphatic carbocycles. The van der Waals surface area contributed by atoms with Gasteiger partial charge in [0.05, 0.1) is 4.88 Å². The van der Waals surface area contributed by atoms with E-state index in [1.165, 1.54) is 49.2 Å². The molecule has 2 atom stereocenters. The quantitative estimate of drug-likeness (QED) is 0.692. The van der Waals surface area contributed by atoms with Crippen molar-refractivity contribution >= 4 is 17.2 Å². The minimum atomic E-state index is -2.56. The molecule has 0 aromatic carbocycles. The maximum absolute atomic E-state index is 13.3. The third-order valence-electron chi connectivity index (χ3n) is 7.46. The SMILES string of the molecule is Cc1sc(C(=O)NC2CCC(F)(F)CC2)cc1C1CC1NC1CCN(C2CC2)CC1. The Morgan fingerprint density at radius 3 is 2.47 bits per heavy atom. The lowest BCUT2D eigenvalue weighted by atomic mass is 9.92. The van der Waals surface area contributed by atoms with E-state index in [9.17, 15) is 13.6 Å². The number of amides is 1. The van der Waals surface area contributed by atoms with Gasteiger partial charge >= 0.3 is 0 Å². The Balaban J connectivity index is 1.11. The van der Waals surface area contributed by atoms with E-state index in [-0.39, 0.29) is 24.8 Å². The van der Waals surface area contributed by atoms with Gasteiger partial charge in [0.1, 0.15) is 0 Å². The number of alkyl halides is 2. The number of nitrogens with zero attached hydrogens (tertiary/aromatic N) is 1. The monoisotopic (exact) mass is 437 g/mol. The van der Waals surface area contributed by atoms with E-state index in [1.54, 1.807) is 11.3 Å². The van der Waals surface area contributed by atoms with E-state index in [2.05, 4.69) is 28.5 Å². The van der Waals surface area contributed by atoms with Crippen LogP contribution in [0.25, 0.3) is 0 Å². The smallest absolute Gasteiger partial charge is 0.261 e. The number of rotatable bonds is 6. The van der Waals surface area contributed by atoms with Gasteiger partial charge in [0, 0.05) is 47.8 Å². The van der Waals surface area contributed by atoms with Crippen LogP contribution in [0.2, 0.25) is 0 Å². The first-order chi connectivity index (χ1) is 14.4. The van der Waals surface area contributed by atoms with E-state index in [4.69, 9.17) is 0 Å². The van der Waals surface area contributed by atoms with Crippen LogP contribution in [0.15, 0.2) is 6.07 Å². The van der Waals surface area contributed by atoms with Gasteiger partial charge in [-0.3, -0.25) is 4.79 Å². The van der Waals surface area contributed by atoms with Crippen molar-refractivity contribution in [1.82, 2.24) is 15.5 Å². The predicted octanol–water partition coefficient (Wildman–Crippen LogP) is 4.44. The number of nitrogens with one attached hydrogen (secondary N) is 2. The molecule has 2 unspecified atom stereocenters. The second-order valence-corrected chi connectivity index (χ2v) is 11.1. The Hall–Kier alpha value is -1.05. The van der Waals surface area contributed by atoms with Crippen molar-refractivity contribution in [3.05, 3.63) is 21.4 Å². The molecule has 4 nitrogen and oxygen atoms in total. The van der Waals surface area contributed by atoms with Gasteiger partial charge < -0.3 is 15.5 Å². The Morgan fingerprint density at radius 1 is 1.10 bits per heavy atom. The van der Waals surface area contributed by atoms with Gasteiger partial charge in [0.15, 0.2) is 0 Å². The molecule has 2 N–H and O–H groups in total. The van der Waals surface area contributed by atoms with Crippen LogP contribution >= 0.6 is 11.3 Å². The second kappa shape index (κ2) is 8.14. The Labute approximate surface area is 181 Å². The van der Waals surface area contributed by atoms with E-state index in [0.29, 0.717) is 30.8 Å². The highest BCUT2D eigenvalue weighted by molar-refractivity contribution is 7.14. The Morgan fingerprint density at radius 2 is 1.80 bits per heavy atom. The zero-order valence-corrected chi connectivity index (χ0v) is 18.6. The van der Waals surface area contributed by atoms with E-state index < -0.39 is 5.92 Å². The molecule has 1 aromatic rings. The average Bonchev–Trinajstić information content (AvgIpc) is 3.64. The molecular formula is C23H33F2N3OS. The number of hydrogen-bond acceptors (Lipinski definition) is 4. The third kappa shape index (κ3) is 4.73. The summed E-state index contributed by atoms with van der Waals surface area (Å²) in [5.41, 5.74) is 1.30. The van der Waals surface area contributed by atoms with Crippen molar-refractivity contribution in [2.75, 3.05) is 13.1 Å². The first kappa shape index (κ1) is 20.8. The molecular weight excluding hydrogens is 404 g/mol. The Kier molecular flexibility index (Phi) is 5.65. The van der Waals surface area contributed by atoms with Crippen LogP contribution in [-0.2, 0) is 0 Å². The molecule has 1 amide bonds. The lowest BCUT2D eigenvalue weighted by Crippen LogP contribution is -2.44. The van der Waals surface area contributed by atoms with Crippen molar-refractivity contribution in [1.29, 1.82) is 0 Å². The summed E-state index contributed by atoms with van der Waals surface area (Å²) in [5.74, 6) is -2.14. The summed E-state index contributed by atoms with van der Waals surface area (Å²) in [6, 6.07) is 3.96. The highest BCUT2D eigenvalue weighted by Crippen LogP contribution is 2.45. The van der Waals surface area contributed by atoms with Gasteiger partial charge in [0.25, 0.3) is 5.91 Å². The molecule has 7 heteroatoms. The summed E-state index contributed by atoms with van der Waals surface area (Å²) in [7, 11) is 0. The first-order valence-electron chi connectivity index (χ1n) is 11.7. The molecule has 0 radical (unpaired) electrons. The summed E-state index contributed by atoms with van der Waals surface area (Å²) < 4.78 is 26.7. The highest BCUT2D eigenvalue weighted by atomic mass is 32.1. The Bertz CT molecular complexity index is 775. The fourth-order valence-electron chi connectivity index (χ4n) is 5.31. The standard InChI is InChI=1S/C23H33F2N3OS/c1-14-18(13-21(30-14)22(29)27-15-4-8-23(24,25)9-5-15)19-12-20(19)26-16-6-10-28(11-7-16)17-2-3-17/h13,15-17,19-20,26H,2-12H2,1H3,(H,27,29). The fourth-order valence-corrected chi connectivity index (χ4v) is 6.31. The molecule has 4 fully saturated rings. The predicted molar refractivity (Wildman–Crippen MR) is 116 cm³/mol. The van der Waals surface area contributed by atoms with Crippen LogP contribution in [0.1, 0.15) is 83.8 Å². The summed E-state index contributed by atoms with van der Waals surface area (Å²) in [5, 5.41) is 6.85. The van der Waals surface area contributed by atoms with Crippen molar-refractivity contribution in [2.24, 2.45) is 0 Å². The molecule has 4 aliphatic rings. The number of piperidine rings is 1. The molecule has 166 valence electrons. The number of likely N-dealkylation sites (tertiary alicyclic amines) is 1. The molecule has 30 heavy (non-hydrogen) atoms. The largest absolute Gasteiger partial charge is 0.349 e. The van der Waals surface area contributed by atoms with Crippen molar-refractivity contribution in [2.45, 2.75) is 101 Å². The fraction of sp³-hybridized carbons (Fsp3) is 0.783. The van der Waals surface area contributed by atoms with Gasteiger partial charge in [0.2, 0.25) is 5.92 Å². The summed E-state index contributed by atoms with van der Waals surface area (Å²) >= 11 is 1.54. The normalized spacial score (nSPS) is 30.4. The molecule has 0 spiro atoms. The van der Waals surface area contributed by atoms with Crippen LogP contribution in [0.3, 0.4) is 0 Å². The van der Waals surface area contributed by atoms with E-state index in [0.717, 1.165) is 17.3 Å². The molecule has 0 bridgehead atoms. The number of carbonyl (C=O) groups is 1. The minimum absolute atomic E-state index is 0.0952. The summed E-state index contributed by atoms with van der Waals surface area (Å²) in [6.07, 6.45) is 6.91. The maximum Gasteiger partial charge on any atom is 0.261 e. The topological polar surface area (TPSA) is 44.4 Å². The summed E-state index contributed by atoms with van der Waals surface area (Å²) in [6.45, 7) is 4.56. The van der Waals surface area contributed by atoms with Gasteiger partial charge in [-0.05, 0) is 76.6 Å². The molecule has 1 saturated heterocycles. The number of aryl methyl sites for hydroxylation is 1. The molecule has 1 aromatic heterocycles. The lowest BCUT2D eigenvalue weighted by Gasteiger charge is -2.32. The maximum atomic E-state index is 13.3. The lowest BCUT2D eigenvalue weighted by molar-refractivity contribution is -0.0399. The average molecular weight is 438 g/mol. The third-order valence-corrected chi connectivity index (χ3v) is 8.53. The van der Waals surface area contributed by atoms with Crippen molar-refractivity contribution in [3.63, 3.8) is 0 Å². The van der Waals surface area contributed by atoms with Crippen LogP contribution in [0.4, 0.5) is 8.78 Å². The van der Waals surface area contributed by atoms with Crippen LogP contribution in [0.5, 0.6) is 0 Å². The zero-order chi connectivity index (χ0) is 20.9. The molecule has 2 heterocycles. The number of halogens is 2. The number of hydrogen-bond donors (Lipinski definition) is 2. The number of thiophene rings is 1. The van der Waals surface area contributed by atoms with Gasteiger partial charge in [-0.1, -0.05) is 0 Å². The van der Waals surface area contributed by atoms with Crippen molar-refractivity contribution in [3.8, 4) is 0 Å². The van der Waals surface area contributed by atoms with Crippen LogP contribution < -0.4 is 10.6 Å². The van der Waals surface area contributed by atoms with Gasteiger partial charge in [-0.25, -0.2) is 8.78 Å². The number of carbonyl (C=O) groups excluding carboxylic acids is 1.